The summed E-state index contributed by atoms with van der Waals surface area (Å²) in [5, 5.41) is 2.86. The number of aromatic amines is 1. The number of carbonyl (C=O) groups is 1. The van der Waals surface area contributed by atoms with Crippen LogP contribution < -0.4 is 14.8 Å². The van der Waals surface area contributed by atoms with Crippen LogP contribution >= 0.6 is 0 Å². The van der Waals surface area contributed by atoms with Crippen molar-refractivity contribution >= 4 is 22.6 Å². The molecule has 0 unspecified atom stereocenters. The molecule has 2 heterocycles. The van der Waals surface area contributed by atoms with Crippen LogP contribution in [0.15, 0.2) is 48.0 Å². The number of hydrogen-bond acceptors (Lipinski definition) is 4. The minimum atomic E-state index is -0.145. The van der Waals surface area contributed by atoms with Crippen molar-refractivity contribution in [3.8, 4) is 22.9 Å². The van der Waals surface area contributed by atoms with Gasteiger partial charge in [-0.3, -0.25) is 4.79 Å². The van der Waals surface area contributed by atoms with Gasteiger partial charge in [0.2, 0.25) is 5.91 Å². The topological polar surface area (TPSA) is 76.2 Å². The molecule has 0 bridgehead atoms. The number of carbonyl (C=O) groups excluding carboxylic acids is 1. The van der Waals surface area contributed by atoms with Crippen molar-refractivity contribution in [1.82, 2.24) is 9.97 Å². The average molecular weight is 349 g/mol. The van der Waals surface area contributed by atoms with E-state index in [2.05, 4.69) is 15.3 Å². The molecule has 0 saturated heterocycles. The first-order chi connectivity index (χ1) is 12.6. The van der Waals surface area contributed by atoms with Crippen molar-refractivity contribution in [3.63, 3.8) is 0 Å². The summed E-state index contributed by atoms with van der Waals surface area (Å²) in [6.45, 7) is 4.87. The molecule has 1 aromatic heterocycles. The summed E-state index contributed by atoms with van der Waals surface area (Å²) in [5.74, 6) is 2.01. The Bertz CT molecular complexity index is 973. The number of amides is 1. The summed E-state index contributed by atoms with van der Waals surface area (Å²) in [5.41, 5.74) is 4.24. The molecule has 2 aromatic carbocycles. The normalized spacial score (nSPS) is 12.7. The van der Waals surface area contributed by atoms with Gasteiger partial charge in [-0.2, -0.15) is 0 Å². The molecule has 0 fully saturated rings. The molecule has 0 radical (unpaired) electrons. The van der Waals surface area contributed by atoms with Crippen molar-refractivity contribution in [2.45, 2.75) is 13.8 Å². The molecule has 1 amide bonds. The molecule has 6 nitrogen and oxygen atoms in total. The smallest absolute Gasteiger partial charge is 0.248 e. The molecule has 2 N–H and O–H groups in total. The van der Waals surface area contributed by atoms with Crippen molar-refractivity contribution in [2.24, 2.45) is 0 Å². The van der Waals surface area contributed by atoms with E-state index in [-0.39, 0.29) is 5.91 Å². The van der Waals surface area contributed by atoms with Crippen LogP contribution in [-0.4, -0.2) is 29.1 Å². The number of fused-ring (bicyclic) bond motifs is 2. The second-order valence-electron chi connectivity index (χ2n) is 6.39. The Morgan fingerprint density at radius 1 is 1.15 bits per heavy atom. The molecule has 0 spiro atoms. The van der Waals surface area contributed by atoms with Gasteiger partial charge in [0.15, 0.2) is 11.5 Å². The number of aromatic nitrogens is 2. The molecule has 3 aromatic rings. The van der Waals surface area contributed by atoms with E-state index in [0.29, 0.717) is 19.0 Å². The first kappa shape index (κ1) is 16.2. The third-order valence-corrected chi connectivity index (χ3v) is 3.97. The number of nitrogens with one attached hydrogen (secondary N) is 2. The van der Waals surface area contributed by atoms with Crippen molar-refractivity contribution < 1.29 is 14.3 Å². The third-order valence-electron chi connectivity index (χ3n) is 3.97. The molecule has 1 aliphatic rings. The van der Waals surface area contributed by atoms with E-state index in [1.54, 1.807) is 6.08 Å². The molecule has 1 aliphatic heterocycles. The second kappa shape index (κ2) is 6.55. The van der Waals surface area contributed by atoms with Gasteiger partial charge in [-0.05, 0) is 26.0 Å². The lowest BCUT2D eigenvalue weighted by Crippen LogP contribution is -2.15. The number of ether oxygens (including phenoxy) is 2. The first-order valence-corrected chi connectivity index (χ1v) is 8.44. The fraction of sp³-hybridized carbons (Fsp3) is 0.200. The lowest BCUT2D eigenvalue weighted by molar-refractivity contribution is -0.111. The molecular formula is C20H19N3O3. The highest BCUT2D eigenvalue weighted by molar-refractivity contribution is 6.00. The Labute approximate surface area is 150 Å². The lowest BCUT2D eigenvalue weighted by Gasteiger charge is -2.17. The number of anilines is 1. The van der Waals surface area contributed by atoms with Crippen LogP contribution in [0.25, 0.3) is 22.4 Å². The van der Waals surface area contributed by atoms with E-state index in [9.17, 15) is 4.79 Å². The minimum Gasteiger partial charge on any atom is -0.486 e. The van der Waals surface area contributed by atoms with Crippen LogP contribution in [0.1, 0.15) is 13.8 Å². The van der Waals surface area contributed by atoms with Crippen molar-refractivity contribution in [2.75, 3.05) is 18.5 Å². The summed E-state index contributed by atoms with van der Waals surface area (Å²) >= 11 is 0. The lowest BCUT2D eigenvalue weighted by atomic mass is 10.2. The van der Waals surface area contributed by atoms with E-state index in [1.165, 1.54) is 0 Å². The van der Waals surface area contributed by atoms with Crippen LogP contribution in [0.4, 0.5) is 5.69 Å². The van der Waals surface area contributed by atoms with Crippen molar-refractivity contribution in [1.29, 1.82) is 0 Å². The summed E-state index contributed by atoms with van der Waals surface area (Å²) in [4.78, 5) is 19.9. The molecule has 26 heavy (non-hydrogen) atoms. The Hall–Kier alpha value is -3.28. The van der Waals surface area contributed by atoms with E-state index >= 15 is 0 Å². The molecule has 0 aliphatic carbocycles. The van der Waals surface area contributed by atoms with Gasteiger partial charge < -0.3 is 19.8 Å². The minimum absolute atomic E-state index is 0.145. The average Bonchev–Trinajstić information content (AvgIpc) is 3.02. The van der Waals surface area contributed by atoms with Crippen LogP contribution in [0, 0.1) is 0 Å². The third kappa shape index (κ3) is 3.26. The van der Waals surface area contributed by atoms with Gasteiger partial charge in [0.05, 0.1) is 11.0 Å². The van der Waals surface area contributed by atoms with Crippen LogP contribution in [0.2, 0.25) is 0 Å². The van der Waals surface area contributed by atoms with Crippen LogP contribution in [0.3, 0.4) is 0 Å². The van der Waals surface area contributed by atoms with Gasteiger partial charge in [0.25, 0.3) is 0 Å². The molecule has 132 valence electrons. The van der Waals surface area contributed by atoms with Gasteiger partial charge >= 0.3 is 0 Å². The number of imidazole rings is 1. The number of allylic oxidation sites excluding steroid dienone is 1. The highest BCUT2D eigenvalue weighted by atomic mass is 16.6. The summed E-state index contributed by atoms with van der Waals surface area (Å²) < 4.78 is 11.2. The standard InChI is InChI=1S/C20H19N3O3/c1-12(2)8-19(24)21-14-5-3-4-13(9-14)20-22-15-10-17-18(11-16(15)23-20)26-7-6-25-17/h3-5,8-11H,6-7H2,1-2H3,(H,21,24)(H,22,23). The zero-order chi connectivity index (χ0) is 18.1. The maximum Gasteiger partial charge on any atom is 0.248 e. The summed E-state index contributed by atoms with van der Waals surface area (Å²) in [7, 11) is 0. The van der Waals surface area contributed by atoms with Gasteiger partial charge in [-0.25, -0.2) is 4.98 Å². The first-order valence-electron chi connectivity index (χ1n) is 8.44. The second-order valence-corrected chi connectivity index (χ2v) is 6.39. The fourth-order valence-corrected chi connectivity index (χ4v) is 2.87. The van der Waals surface area contributed by atoms with Gasteiger partial charge in [-0.1, -0.05) is 17.7 Å². The summed E-state index contributed by atoms with van der Waals surface area (Å²) in [6.07, 6.45) is 1.57. The van der Waals surface area contributed by atoms with Crippen LogP contribution in [-0.2, 0) is 4.79 Å². The number of H-pyrrole nitrogens is 1. The Morgan fingerprint density at radius 3 is 2.69 bits per heavy atom. The highest BCUT2D eigenvalue weighted by Crippen LogP contribution is 2.34. The fourth-order valence-electron chi connectivity index (χ4n) is 2.87. The number of benzene rings is 2. The molecule has 6 heteroatoms. The molecule has 4 rings (SSSR count). The SMILES string of the molecule is CC(C)=CC(=O)Nc1cccc(-c2nc3cc4c(cc3[nH]2)OCCO4)c1. The number of rotatable bonds is 3. The summed E-state index contributed by atoms with van der Waals surface area (Å²) in [6, 6.07) is 11.4. The zero-order valence-corrected chi connectivity index (χ0v) is 14.6. The Morgan fingerprint density at radius 2 is 1.92 bits per heavy atom. The largest absolute Gasteiger partial charge is 0.486 e. The Kier molecular flexibility index (Phi) is 4.08. The number of nitrogens with zero attached hydrogens (tertiary/aromatic N) is 1. The van der Waals surface area contributed by atoms with Gasteiger partial charge in [-0.15, -0.1) is 0 Å². The van der Waals surface area contributed by atoms with Crippen LogP contribution in [0.5, 0.6) is 11.5 Å². The van der Waals surface area contributed by atoms with Gasteiger partial charge in [0.1, 0.15) is 19.0 Å². The molecular weight excluding hydrogens is 330 g/mol. The van der Waals surface area contributed by atoms with E-state index in [1.807, 2.05) is 50.2 Å². The maximum absolute atomic E-state index is 11.9. The predicted octanol–water partition coefficient (Wildman–Crippen LogP) is 3.91. The quantitative estimate of drug-likeness (QED) is 0.703. The molecule has 0 saturated carbocycles. The van der Waals surface area contributed by atoms with E-state index in [0.717, 1.165) is 39.4 Å². The van der Waals surface area contributed by atoms with E-state index < -0.39 is 0 Å². The zero-order valence-electron chi connectivity index (χ0n) is 14.6. The van der Waals surface area contributed by atoms with E-state index in [4.69, 9.17) is 9.47 Å². The van der Waals surface area contributed by atoms with Gasteiger partial charge in [0, 0.05) is 29.5 Å². The number of hydrogen-bond donors (Lipinski definition) is 2. The predicted molar refractivity (Wildman–Crippen MR) is 101 cm³/mol. The Balaban J connectivity index is 1.66. The maximum atomic E-state index is 11.9. The monoisotopic (exact) mass is 349 g/mol. The van der Waals surface area contributed by atoms with Crippen molar-refractivity contribution in [3.05, 3.63) is 48.0 Å². The highest BCUT2D eigenvalue weighted by Gasteiger charge is 2.15. The molecule has 0 atom stereocenters.